The summed E-state index contributed by atoms with van der Waals surface area (Å²) in [7, 11) is 0. The summed E-state index contributed by atoms with van der Waals surface area (Å²) in [6.07, 6.45) is 0.670. The van der Waals surface area contributed by atoms with Crippen LogP contribution in [0.15, 0.2) is 34.8 Å². The predicted molar refractivity (Wildman–Crippen MR) is 67.0 cm³/mol. The van der Waals surface area contributed by atoms with Gasteiger partial charge in [-0.25, -0.2) is 9.98 Å². The largest absolute Gasteiger partial charge is 0.366 e. The third kappa shape index (κ3) is 1.64. The Balaban J connectivity index is 2.07. The average Bonchev–Trinajstić information content (AvgIpc) is 2.88. The lowest BCUT2D eigenvalue weighted by atomic mass is 10.0. The smallest absolute Gasteiger partial charge is 0.249 e. The second kappa shape index (κ2) is 3.78. The third-order valence-electron chi connectivity index (χ3n) is 2.69. The first kappa shape index (κ1) is 10.2. The van der Waals surface area contributed by atoms with Crippen molar-refractivity contribution in [3.05, 3.63) is 46.6 Å². The van der Waals surface area contributed by atoms with E-state index in [1.165, 1.54) is 11.3 Å². The van der Waals surface area contributed by atoms with Gasteiger partial charge in [-0.2, -0.15) is 0 Å². The molecule has 0 radical (unpaired) electrons. The Bertz CT molecular complexity index is 630. The van der Waals surface area contributed by atoms with E-state index in [4.69, 9.17) is 5.73 Å². The van der Waals surface area contributed by atoms with Gasteiger partial charge in [-0.3, -0.25) is 4.79 Å². The van der Waals surface area contributed by atoms with E-state index in [2.05, 4.69) is 9.98 Å². The molecular formula is C12H9N3OS. The summed E-state index contributed by atoms with van der Waals surface area (Å²) in [5.74, 6) is -0.425. The molecule has 1 aromatic heterocycles. The molecule has 1 aromatic carbocycles. The van der Waals surface area contributed by atoms with Crippen molar-refractivity contribution in [2.24, 2.45) is 10.7 Å². The molecule has 4 nitrogen and oxygen atoms in total. The number of carbonyl (C=O) groups excluding carboxylic acids is 1. The molecule has 1 amide bonds. The Morgan fingerprint density at radius 3 is 2.94 bits per heavy atom. The Labute approximate surface area is 102 Å². The fraction of sp³-hybridized carbons (Fsp3) is 0.0833. The number of carbonyl (C=O) groups is 1. The minimum atomic E-state index is -0.425. The lowest BCUT2D eigenvalue weighted by molar-refractivity contribution is 0.1000. The first-order chi connectivity index (χ1) is 8.25. The first-order valence-corrected chi connectivity index (χ1v) is 6.03. The summed E-state index contributed by atoms with van der Waals surface area (Å²) >= 11 is 1.51. The van der Waals surface area contributed by atoms with Crippen molar-refractivity contribution in [2.75, 3.05) is 0 Å². The fourth-order valence-corrected chi connectivity index (χ4v) is 2.60. The maximum absolute atomic E-state index is 11.3. The molecular weight excluding hydrogens is 234 g/mol. The zero-order valence-corrected chi connectivity index (χ0v) is 9.70. The summed E-state index contributed by atoms with van der Waals surface area (Å²) in [5.41, 5.74) is 10.3. The van der Waals surface area contributed by atoms with Crippen LogP contribution in [-0.2, 0) is 6.42 Å². The summed E-state index contributed by atoms with van der Waals surface area (Å²) < 4.78 is 0. The summed E-state index contributed by atoms with van der Waals surface area (Å²) in [5, 5.41) is 0.930. The zero-order valence-electron chi connectivity index (χ0n) is 8.88. The number of nitrogens with zero attached hydrogens (tertiary/aromatic N) is 2. The van der Waals surface area contributed by atoms with Crippen LogP contribution < -0.4 is 5.73 Å². The number of benzene rings is 1. The van der Waals surface area contributed by atoms with Crippen molar-refractivity contribution >= 4 is 28.0 Å². The van der Waals surface area contributed by atoms with Crippen LogP contribution in [0.2, 0.25) is 0 Å². The molecule has 0 unspecified atom stereocenters. The van der Waals surface area contributed by atoms with Gasteiger partial charge < -0.3 is 5.73 Å². The third-order valence-corrected chi connectivity index (χ3v) is 3.46. The number of thiazole rings is 1. The van der Waals surface area contributed by atoms with Crippen LogP contribution in [0.5, 0.6) is 0 Å². The Kier molecular flexibility index (Phi) is 2.26. The van der Waals surface area contributed by atoms with Gasteiger partial charge in [-0.15, -0.1) is 11.3 Å². The van der Waals surface area contributed by atoms with Crippen molar-refractivity contribution < 1.29 is 4.79 Å². The second-order valence-electron chi connectivity index (χ2n) is 3.75. The standard InChI is InChI=1S/C12H9N3OS/c13-11(16)8-4-2-1-3-7(8)9-5-10-12(15-9)17-6-14-10/h1-4,6H,5H2,(H2,13,16). The number of fused-ring (bicyclic) bond motifs is 1. The number of aromatic nitrogens is 1. The number of hydrogen-bond donors (Lipinski definition) is 1. The molecule has 84 valence electrons. The molecule has 17 heavy (non-hydrogen) atoms. The molecule has 5 heteroatoms. The average molecular weight is 243 g/mol. The Hall–Kier alpha value is -2.01. The minimum absolute atomic E-state index is 0.425. The minimum Gasteiger partial charge on any atom is -0.366 e. The number of primary amides is 1. The summed E-state index contributed by atoms with van der Waals surface area (Å²) in [6, 6.07) is 7.27. The van der Waals surface area contributed by atoms with Crippen LogP contribution >= 0.6 is 11.3 Å². The van der Waals surface area contributed by atoms with Crippen molar-refractivity contribution in [3.8, 4) is 0 Å². The topological polar surface area (TPSA) is 68.3 Å². The highest BCUT2D eigenvalue weighted by molar-refractivity contribution is 7.13. The van der Waals surface area contributed by atoms with Crippen LogP contribution in [0.4, 0.5) is 5.00 Å². The van der Waals surface area contributed by atoms with Crippen LogP contribution in [0, 0.1) is 0 Å². The highest BCUT2D eigenvalue weighted by atomic mass is 32.1. The number of amides is 1. The molecule has 0 fully saturated rings. The van der Waals surface area contributed by atoms with Gasteiger partial charge >= 0.3 is 0 Å². The van der Waals surface area contributed by atoms with Gasteiger partial charge in [0.25, 0.3) is 0 Å². The van der Waals surface area contributed by atoms with Crippen molar-refractivity contribution in [2.45, 2.75) is 6.42 Å². The van der Waals surface area contributed by atoms with E-state index >= 15 is 0 Å². The van der Waals surface area contributed by atoms with Crippen LogP contribution in [0.1, 0.15) is 21.6 Å². The van der Waals surface area contributed by atoms with E-state index in [-0.39, 0.29) is 0 Å². The molecule has 0 bridgehead atoms. The molecule has 1 aliphatic heterocycles. The number of rotatable bonds is 2. The van der Waals surface area contributed by atoms with E-state index < -0.39 is 5.91 Å². The second-order valence-corrected chi connectivity index (χ2v) is 4.58. The molecule has 2 N–H and O–H groups in total. The SMILES string of the molecule is NC(=O)c1ccccc1C1=Nc2scnc2C1. The van der Waals surface area contributed by atoms with E-state index in [1.54, 1.807) is 17.6 Å². The molecule has 3 rings (SSSR count). The quantitative estimate of drug-likeness (QED) is 0.875. The van der Waals surface area contributed by atoms with Crippen molar-refractivity contribution in [1.29, 1.82) is 0 Å². The van der Waals surface area contributed by atoms with Crippen LogP contribution in [0.25, 0.3) is 0 Å². The van der Waals surface area contributed by atoms with Gasteiger partial charge in [0.15, 0.2) is 0 Å². The van der Waals surface area contributed by atoms with Gasteiger partial charge in [0.05, 0.1) is 16.9 Å². The molecule has 2 aromatic rings. The fourth-order valence-electron chi connectivity index (χ4n) is 1.90. The molecule has 0 saturated heterocycles. The molecule has 0 atom stereocenters. The number of aliphatic imine (C=N–C) groups is 1. The molecule has 0 saturated carbocycles. The van der Waals surface area contributed by atoms with E-state index in [0.29, 0.717) is 12.0 Å². The first-order valence-electron chi connectivity index (χ1n) is 5.15. The van der Waals surface area contributed by atoms with E-state index in [1.807, 2.05) is 12.1 Å². The monoisotopic (exact) mass is 243 g/mol. The van der Waals surface area contributed by atoms with Crippen molar-refractivity contribution in [3.63, 3.8) is 0 Å². The molecule has 1 aliphatic rings. The zero-order chi connectivity index (χ0) is 11.8. The number of hydrogen-bond acceptors (Lipinski definition) is 4. The Morgan fingerprint density at radius 1 is 1.35 bits per heavy atom. The highest BCUT2D eigenvalue weighted by Gasteiger charge is 2.21. The maximum atomic E-state index is 11.3. The van der Waals surface area contributed by atoms with Crippen molar-refractivity contribution in [1.82, 2.24) is 4.98 Å². The van der Waals surface area contributed by atoms with Gasteiger partial charge in [-0.1, -0.05) is 18.2 Å². The maximum Gasteiger partial charge on any atom is 0.249 e. The highest BCUT2D eigenvalue weighted by Crippen LogP contribution is 2.32. The van der Waals surface area contributed by atoms with Gasteiger partial charge in [0.1, 0.15) is 5.00 Å². The van der Waals surface area contributed by atoms with Gasteiger partial charge in [-0.05, 0) is 6.07 Å². The molecule has 2 heterocycles. The van der Waals surface area contributed by atoms with Crippen LogP contribution in [-0.4, -0.2) is 16.6 Å². The Morgan fingerprint density at radius 2 is 2.18 bits per heavy atom. The summed E-state index contributed by atoms with van der Waals surface area (Å²) in [6.45, 7) is 0. The van der Waals surface area contributed by atoms with E-state index in [0.717, 1.165) is 22.0 Å². The van der Waals surface area contributed by atoms with Gasteiger partial charge in [0, 0.05) is 17.5 Å². The number of nitrogens with two attached hydrogens (primary N) is 1. The molecule has 0 spiro atoms. The lowest BCUT2D eigenvalue weighted by Crippen LogP contribution is -2.16. The van der Waals surface area contributed by atoms with Crippen LogP contribution in [0.3, 0.4) is 0 Å². The van der Waals surface area contributed by atoms with Gasteiger partial charge in [0.2, 0.25) is 5.91 Å². The normalized spacial score (nSPS) is 13.3. The lowest BCUT2D eigenvalue weighted by Gasteiger charge is -2.05. The molecule has 0 aliphatic carbocycles. The predicted octanol–water partition coefficient (Wildman–Crippen LogP) is 1.92. The van der Waals surface area contributed by atoms with E-state index in [9.17, 15) is 4.79 Å². The summed E-state index contributed by atoms with van der Waals surface area (Å²) in [4.78, 5) is 20.1.